The summed E-state index contributed by atoms with van der Waals surface area (Å²) in [6.07, 6.45) is 10.5. The van der Waals surface area contributed by atoms with Gasteiger partial charge in [0.2, 0.25) is 0 Å². The Morgan fingerprint density at radius 1 is 1.12 bits per heavy atom. The number of nitrogens with one attached hydrogen (secondary N) is 1. The van der Waals surface area contributed by atoms with Crippen LogP contribution in [0, 0.1) is 0 Å². The Labute approximate surface area is 200 Å². The highest BCUT2D eigenvalue weighted by Gasteiger charge is 2.35. The second-order valence-electron chi connectivity index (χ2n) is 10.5. The van der Waals surface area contributed by atoms with Crippen LogP contribution in [0.5, 0.6) is 0 Å². The second kappa shape index (κ2) is 8.31. The van der Waals surface area contributed by atoms with Crippen molar-refractivity contribution in [3.8, 4) is 17.2 Å². The Morgan fingerprint density at radius 3 is 2.76 bits per heavy atom. The third-order valence-electron chi connectivity index (χ3n) is 7.25. The van der Waals surface area contributed by atoms with Crippen LogP contribution in [0.3, 0.4) is 0 Å². The maximum absolute atomic E-state index is 13.3. The van der Waals surface area contributed by atoms with Gasteiger partial charge in [0.05, 0.1) is 28.7 Å². The van der Waals surface area contributed by atoms with Crippen LogP contribution < -0.4 is 5.32 Å². The highest BCUT2D eigenvalue weighted by molar-refractivity contribution is 5.95. The lowest BCUT2D eigenvalue weighted by atomic mass is 9.93. The molecular formula is C27H31N5O2. The van der Waals surface area contributed by atoms with Crippen LogP contribution in [0.1, 0.15) is 79.0 Å². The van der Waals surface area contributed by atoms with Gasteiger partial charge in [-0.25, -0.2) is 14.6 Å². The number of aromatic nitrogens is 4. The number of rotatable bonds is 4. The Bertz CT molecular complexity index is 1240. The number of benzene rings is 1. The number of ether oxygens (including phenoxy) is 1. The summed E-state index contributed by atoms with van der Waals surface area (Å²) in [6.45, 7) is 4.82. The van der Waals surface area contributed by atoms with E-state index in [9.17, 15) is 4.79 Å². The quantitative estimate of drug-likeness (QED) is 0.629. The average molecular weight is 458 g/mol. The van der Waals surface area contributed by atoms with Crippen molar-refractivity contribution in [2.75, 3.05) is 6.61 Å². The summed E-state index contributed by atoms with van der Waals surface area (Å²) < 4.78 is 7.61. The van der Waals surface area contributed by atoms with Crippen LogP contribution in [-0.2, 0) is 17.6 Å². The Kier molecular flexibility index (Phi) is 5.25. The highest BCUT2D eigenvalue weighted by atomic mass is 16.5. The fraction of sp³-hybridized carbons (Fsp3) is 0.481. The van der Waals surface area contributed by atoms with Gasteiger partial charge in [-0.2, -0.15) is 5.10 Å². The third-order valence-corrected chi connectivity index (χ3v) is 7.25. The van der Waals surface area contributed by atoms with Crippen molar-refractivity contribution < 1.29 is 9.53 Å². The molecule has 1 unspecified atom stereocenters. The van der Waals surface area contributed by atoms with Crippen LogP contribution in [0.15, 0.2) is 36.7 Å². The van der Waals surface area contributed by atoms with Crippen molar-refractivity contribution in [3.05, 3.63) is 59.0 Å². The summed E-state index contributed by atoms with van der Waals surface area (Å²) in [6, 6.07) is 8.60. The molecule has 1 amide bonds. The molecule has 3 aliphatic rings. The van der Waals surface area contributed by atoms with E-state index in [1.807, 2.05) is 6.20 Å². The predicted molar refractivity (Wildman–Crippen MR) is 129 cm³/mol. The first kappa shape index (κ1) is 21.5. The monoisotopic (exact) mass is 457 g/mol. The summed E-state index contributed by atoms with van der Waals surface area (Å²) in [4.78, 5) is 23.0. The molecule has 0 spiro atoms. The van der Waals surface area contributed by atoms with Gasteiger partial charge in [-0.05, 0) is 69.9 Å². The lowest BCUT2D eigenvalue weighted by molar-refractivity contribution is -0.0615. The largest absolute Gasteiger partial charge is 0.375 e. The molecule has 176 valence electrons. The van der Waals surface area contributed by atoms with E-state index in [2.05, 4.69) is 48.5 Å². The molecule has 7 nitrogen and oxygen atoms in total. The second-order valence-corrected chi connectivity index (χ2v) is 10.5. The van der Waals surface area contributed by atoms with Crippen molar-refractivity contribution in [1.82, 2.24) is 25.1 Å². The van der Waals surface area contributed by atoms with Crippen LogP contribution in [0.4, 0.5) is 0 Å². The van der Waals surface area contributed by atoms with E-state index in [-0.39, 0.29) is 17.6 Å². The Morgan fingerprint density at radius 2 is 1.94 bits per heavy atom. The molecule has 3 heterocycles. The van der Waals surface area contributed by atoms with E-state index >= 15 is 0 Å². The fourth-order valence-electron chi connectivity index (χ4n) is 5.41. The highest BCUT2D eigenvalue weighted by Crippen LogP contribution is 2.42. The summed E-state index contributed by atoms with van der Waals surface area (Å²) in [7, 11) is 0. The zero-order chi connectivity index (χ0) is 23.3. The van der Waals surface area contributed by atoms with E-state index in [1.54, 1.807) is 10.9 Å². The Hall–Kier alpha value is -3.06. The van der Waals surface area contributed by atoms with Crippen LogP contribution in [-0.4, -0.2) is 43.9 Å². The van der Waals surface area contributed by atoms with Gasteiger partial charge >= 0.3 is 0 Å². The number of fused-ring (bicyclic) bond motifs is 3. The number of nitrogens with zero attached hydrogens (tertiary/aromatic N) is 4. The lowest BCUT2D eigenvalue weighted by Gasteiger charge is -2.35. The first-order valence-corrected chi connectivity index (χ1v) is 12.5. The van der Waals surface area contributed by atoms with Gasteiger partial charge in [-0.3, -0.25) is 4.79 Å². The summed E-state index contributed by atoms with van der Waals surface area (Å²) >= 11 is 0. The maximum atomic E-state index is 13.3. The minimum Gasteiger partial charge on any atom is -0.375 e. The van der Waals surface area contributed by atoms with Gasteiger partial charge in [0, 0.05) is 30.3 Å². The van der Waals surface area contributed by atoms with Crippen LogP contribution in [0.2, 0.25) is 0 Å². The van der Waals surface area contributed by atoms with E-state index in [0.29, 0.717) is 24.0 Å². The third kappa shape index (κ3) is 4.02. The topological polar surface area (TPSA) is 81.9 Å². The molecular weight excluding hydrogens is 426 g/mol. The minimum atomic E-state index is -0.217. The first-order valence-electron chi connectivity index (χ1n) is 12.5. The summed E-state index contributed by atoms with van der Waals surface area (Å²) in [5.41, 5.74) is 6.04. The van der Waals surface area contributed by atoms with Gasteiger partial charge in [-0.1, -0.05) is 24.3 Å². The van der Waals surface area contributed by atoms with E-state index < -0.39 is 0 Å². The van der Waals surface area contributed by atoms with Gasteiger partial charge in [0.25, 0.3) is 11.9 Å². The summed E-state index contributed by atoms with van der Waals surface area (Å²) in [5, 5.41) is 7.86. The molecule has 1 saturated heterocycles. The molecule has 6 rings (SSSR count). The lowest BCUT2D eigenvalue weighted by Crippen LogP contribution is -2.45. The van der Waals surface area contributed by atoms with Gasteiger partial charge in [0.15, 0.2) is 0 Å². The SMILES string of the molecule is CC1(C)CC(NC(=O)c2cnn(-c3ncc4c(n3)-c3ccccc3CCC4)c2C2CC2)CCO1. The number of hydrogen-bond donors (Lipinski definition) is 1. The number of carbonyl (C=O) groups excluding carboxylic acids is 1. The van der Waals surface area contributed by atoms with E-state index in [0.717, 1.165) is 56.3 Å². The van der Waals surface area contributed by atoms with E-state index in [4.69, 9.17) is 14.7 Å². The molecule has 34 heavy (non-hydrogen) atoms. The molecule has 1 atom stereocenters. The average Bonchev–Trinajstić information content (AvgIpc) is 3.59. The molecule has 2 aromatic heterocycles. The smallest absolute Gasteiger partial charge is 0.255 e. The zero-order valence-electron chi connectivity index (χ0n) is 19.9. The van der Waals surface area contributed by atoms with Crippen molar-refractivity contribution >= 4 is 5.91 Å². The molecule has 1 N–H and O–H groups in total. The number of hydrogen-bond acceptors (Lipinski definition) is 5. The van der Waals surface area contributed by atoms with Gasteiger partial charge < -0.3 is 10.1 Å². The van der Waals surface area contributed by atoms with Gasteiger partial charge in [0.1, 0.15) is 0 Å². The van der Waals surface area contributed by atoms with Crippen LogP contribution in [0.25, 0.3) is 17.2 Å². The number of aryl methyl sites for hydroxylation is 2. The number of amides is 1. The molecule has 1 aromatic carbocycles. The van der Waals surface area contributed by atoms with Crippen molar-refractivity contribution in [1.29, 1.82) is 0 Å². The molecule has 3 aromatic rings. The first-order chi connectivity index (χ1) is 16.5. The molecule has 7 heteroatoms. The van der Waals surface area contributed by atoms with Crippen LogP contribution >= 0.6 is 0 Å². The van der Waals surface area contributed by atoms with Gasteiger partial charge in [-0.15, -0.1) is 0 Å². The fourth-order valence-corrected chi connectivity index (χ4v) is 5.41. The van der Waals surface area contributed by atoms with Crippen molar-refractivity contribution in [2.24, 2.45) is 0 Å². The van der Waals surface area contributed by atoms with Crippen molar-refractivity contribution in [2.45, 2.75) is 76.4 Å². The Balaban J connectivity index is 1.34. The molecule has 0 bridgehead atoms. The normalized spacial score (nSPS) is 21.3. The molecule has 2 fully saturated rings. The number of carbonyl (C=O) groups is 1. The molecule has 2 aliphatic carbocycles. The van der Waals surface area contributed by atoms with Crippen molar-refractivity contribution in [3.63, 3.8) is 0 Å². The molecule has 1 aliphatic heterocycles. The summed E-state index contributed by atoms with van der Waals surface area (Å²) in [5.74, 6) is 0.809. The minimum absolute atomic E-state index is 0.0593. The predicted octanol–water partition coefficient (Wildman–Crippen LogP) is 4.38. The zero-order valence-corrected chi connectivity index (χ0v) is 19.9. The standard InChI is InChI=1S/C27H31N5O2/c1-27(2)14-20(12-13-34-27)30-25(33)22-16-29-32(24(22)18-10-11-18)26-28-15-19-8-5-7-17-6-3-4-9-21(17)23(19)31-26/h3-4,6,9,15-16,18,20H,5,7-8,10-14H2,1-2H3,(H,30,33). The molecule has 1 saturated carbocycles. The maximum Gasteiger partial charge on any atom is 0.255 e. The molecule has 0 radical (unpaired) electrons. The van der Waals surface area contributed by atoms with E-state index in [1.165, 1.54) is 16.7 Å².